The molecule has 1 aromatic heterocycles. The highest BCUT2D eigenvalue weighted by Crippen LogP contribution is 2.30. The van der Waals surface area contributed by atoms with Gasteiger partial charge in [0.25, 0.3) is 0 Å². The van der Waals surface area contributed by atoms with Crippen LogP contribution in [0.1, 0.15) is 5.56 Å². The van der Waals surface area contributed by atoms with Crippen molar-refractivity contribution in [3.63, 3.8) is 0 Å². The third kappa shape index (κ3) is 2.06. The zero-order chi connectivity index (χ0) is 14.3. The Balaban J connectivity index is 2.39. The van der Waals surface area contributed by atoms with Gasteiger partial charge in [-0.3, -0.25) is 4.57 Å². The highest BCUT2D eigenvalue weighted by molar-refractivity contribution is 9.10. The number of benzene rings is 2. The van der Waals surface area contributed by atoms with Gasteiger partial charge in [-0.05, 0) is 58.5 Å². The Hall–Kier alpha value is -1.61. The van der Waals surface area contributed by atoms with Gasteiger partial charge in [0.1, 0.15) is 0 Å². The van der Waals surface area contributed by atoms with Gasteiger partial charge in [-0.15, -0.1) is 0 Å². The minimum Gasteiger partial charge on any atom is -0.330 e. The molecule has 0 fully saturated rings. The second-order valence-electron chi connectivity index (χ2n) is 4.18. The van der Waals surface area contributed by atoms with Crippen molar-refractivity contribution in [2.75, 3.05) is 0 Å². The van der Waals surface area contributed by atoms with Crippen molar-refractivity contribution in [1.82, 2.24) is 9.55 Å². The number of aromatic amines is 1. The van der Waals surface area contributed by atoms with Gasteiger partial charge in [0.05, 0.1) is 33.4 Å². The van der Waals surface area contributed by atoms with Crippen LogP contribution in [0.2, 0.25) is 5.02 Å². The molecule has 1 N–H and O–H groups in total. The molecule has 0 unspecified atom stereocenters. The zero-order valence-electron chi connectivity index (χ0n) is 10.0. The molecule has 0 amide bonds. The maximum Gasteiger partial charge on any atom is 0.182 e. The van der Waals surface area contributed by atoms with Gasteiger partial charge in [-0.1, -0.05) is 17.7 Å². The van der Waals surface area contributed by atoms with Crippen molar-refractivity contribution >= 4 is 50.8 Å². The van der Waals surface area contributed by atoms with E-state index in [-0.39, 0.29) is 0 Å². The van der Waals surface area contributed by atoms with Crippen LogP contribution in [0.15, 0.2) is 40.9 Å². The molecule has 1 heterocycles. The average molecular weight is 365 g/mol. The summed E-state index contributed by atoms with van der Waals surface area (Å²) in [5.41, 5.74) is 3.12. The molecule has 2 aromatic carbocycles. The summed E-state index contributed by atoms with van der Waals surface area (Å²) in [5, 5.41) is 9.55. The molecular formula is C14H7BrClN3S. The van der Waals surface area contributed by atoms with Crippen LogP contribution in [-0.4, -0.2) is 9.55 Å². The lowest BCUT2D eigenvalue weighted by atomic mass is 10.2. The molecule has 0 saturated carbocycles. The topological polar surface area (TPSA) is 44.5 Å². The number of para-hydroxylation sites is 1. The van der Waals surface area contributed by atoms with Gasteiger partial charge in [0.15, 0.2) is 4.77 Å². The largest absolute Gasteiger partial charge is 0.330 e. The van der Waals surface area contributed by atoms with Crippen molar-refractivity contribution in [3.8, 4) is 11.8 Å². The molecule has 0 aliphatic heterocycles. The lowest BCUT2D eigenvalue weighted by Gasteiger charge is -2.08. The molecule has 0 aliphatic rings. The van der Waals surface area contributed by atoms with E-state index >= 15 is 0 Å². The predicted octanol–water partition coefficient (Wildman–Crippen LogP) is 4.98. The van der Waals surface area contributed by atoms with Crippen LogP contribution in [0.5, 0.6) is 0 Å². The third-order valence-corrected chi connectivity index (χ3v) is 4.20. The summed E-state index contributed by atoms with van der Waals surface area (Å²) in [5.74, 6) is 0. The van der Waals surface area contributed by atoms with Gasteiger partial charge in [-0.25, -0.2) is 0 Å². The van der Waals surface area contributed by atoms with Crippen LogP contribution in [0.4, 0.5) is 0 Å². The number of rotatable bonds is 1. The Bertz CT molecular complexity index is 920. The lowest BCUT2D eigenvalue weighted by Crippen LogP contribution is -1.96. The number of nitriles is 1. The van der Waals surface area contributed by atoms with Gasteiger partial charge < -0.3 is 4.98 Å². The molecule has 6 heteroatoms. The lowest BCUT2D eigenvalue weighted by molar-refractivity contribution is 1.06. The average Bonchev–Trinajstić information content (AvgIpc) is 2.76. The summed E-state index contributed by atoms with van der Waals surface area (Å²) in [6.07, 6.45) is 0. The number of nitrogens with one attached hydrogen (secondary N) is 1. The standard InChI is InChI=1S/C14H7BrClN3S/c15-9-6-8(7-17)4-5-12(9)19-13-10(16)2-1-3-11(13)18-14(19)20/h1-6H,(H,18,20). The van der Waals surface area contributed by atoms with Gasteiger partial charge in [0, 0.05) is 4.47 Å². The fourth-order valence-electron chi connectivity index (χ4n) is 2.10. The fourth-order valence-corrected chi connectivity index (χ4v) is 3.22. The van der Waals surface area contributed by atoms with Crippen molar-refractivity contribution < 1.29 is 0 Å². The minimum atomic E-state index is 0.554. The van der Waals surface area contributed by atoms with Gasteiger partial charge in [0.2, 0.25) is 0 Å². The molecule has 3 aromatic rings. The molecule has 20 heavy (non-hydrogen) atoms. The first kappa shape index (κ1) is 13.4. The first-order valence-electron chi connectivity index (χ1n) is 5.71. The summed E-state index contributed by atoms with van der Waals surface area (Å²) in [6.45, 7) is 0. The number of aromatic nitrogens is 2. The van der Waals surface area contributed by atoms with Crippen LogP contribution < -0.4 is 0 Å². The number of imidazole rings is 1. The summed E-state index contributed by atoms with van der Waals surface area (Å²) in [4.78, 5) is 3.13. The van der Waals surface area contributed by atoms with Crippen LogP contribution in [0.25, 0.3) is 16.7 Å². The van der Waals surface area contributed by atoms with Crippen LogP contribution in [-0.2, 0) is 0 Å². The number of H-pyrrole nitrogens is 1. The number of fused-ring (bicyclic) bond motifs is 1. The molecule has 0 atom stereocenters. The second kappa shape index (κ2) is 5.06. The minimum absolute atomic E-state index is 0.554. The number of nitrogens with zero attached hydrogens (tertiary/aromatic N) is 2. The van der Waals surface area contributed by atoms with E-state index in [1.807, 2.05) is 28.8 Å². The zero-order valence-corrected chi connectivity index (χ0v) is 13.2. The first-order valence-corrected chi connectivity index (χ1v) is 7.29. The Labute approximate surface area is 133 Å². The quantitative estimate of drug-likeness (QED) is 0.619. The van der Waals surface area contributed by atoms with Gasteiger partial charge >= 0.3 is 0 Å². The van der Waals surface area contributed by atoms with E-state index in [2.05, 4.69) is 27.0 Å². The van der Waals surface area contributed by atoms with E-state index in [9.17, 15) is 0 Å². The normalized spacial score (nSPS) is 10.7. The van der Waals surface area contributed by atoms with Gasteiger partial charge in [-0.2, -0.15) is 5.26 Å². The molecule has 98 valence electrons. The Morgan fingerprint density at radius 3 is 2.80 bits per heavy atom. The fraction of sp³-hybridized carbons (Fsp3) is 0. The number of halogens is 2. The molecule has 0 saturated heterocycles. The monoisotopic (exact) mass is 363 g/mol. The summed E-state index contributed by atoms with van der Waals surface area (Å²) in [6, 6.07) is 13.1. The van der Waals surface area contributed by atoms with Crippen molar-refractivity contribution in [2.45, 2.75) is 0 Å². The molecule has 0 bridgehead atoms. The highest BCUT2D eigenvalue weighted by Gasteiger charge is 2.12. The Morgan fingerprint density at radius 2 is 2.10 bits per heavy atom. The molecule has 0 radical (unpaired) electrons. The number of hydrogen-bond donors (Lipinski definition) is 1. The summed E-state index contributed by atoms with van der Waals surface area (Å²) in [7, 11) is 0. The van der Waals surface area contributed by atoms with E-state index in [4.69, 9.17) is 29.1 Å². The maximum atomic E-state index is 8.93. The molecule has 0 aliphatic carbocycles. The van der Waals surface area contributed by atoms with E-state index < -0.39 is 0 Å². The Morgan fingerprint density at radius 1 is 1.30 bits per heavy atom. The van der Waals surface area contributed by atoms with Crippen molar-refractivity contribution in [3.05, 3.63) is 56.2 Å². The maximum absolute atomic E-state index is 8.93. The predicted molar refractivity (Wildman–Crippen MR) is 85.9 cm³/mol. The van der Waals surface area contributed by atoms with E-state index in [1.165, 1.54) is 0 Å². The smallest absolute Gasteiger partial charge is 0.182 e. The Kier molecular flexibility index (Phi) is 3.38. The van der Waals surface area contributed by atoms with E-state index in [1.54, 1.807) is 12.1 Å². The number of hydrogen-bond acceptors (Lipinski definition) is 2. The SMILES string of the molecule is N#Cc1ccc(-n2c(=S)[nH]c3cccc(Cl)c32)c(Br)c1. The summed E-state index contributed by atoms with van der Waals surface area (Å²) < 4.78 is 3.20. The van der Waals surface area contributed by atoms with E-state index in [0.29, 0.717) is 15.4 Å². The van der Waals surface area contributed by atoms with Crippen LogP contribution >= 0.6 is 39.7 Å². The van der Waals surface area contributed by atoms with Crippen LogP contribution in [0, 0.1) is 16.1 Å². The first-order chi connectivity index (χ1) is 9.61. The van der Waals surface area contributed by atoms with E-state index in [0.717, 1.165) is 21.2 Å². The van der Waals surface area contributed by atoms with Crippen LogP contribution in [0.3, 0.4) is 0 Å². The third-order valence-electron chi connectivity index (χ3n) is 2.97. The van der Waals surface area contributed by atoms with Crippen molar-refractivity contribution in [1.29, 1.82) is 5.26 Å². The molecule has 0 spiro atoms. The highest BCUT2D eigenvalue weighted by atomic mass is 79.9. The second-order valence-corrected chi connectivity index (χ2v) is 5.83. The van der Waals surface area contributed by atoms with Crippen molar-refractivity contribution in [2.24, 2.45) is 0 Å². The molecule has 3 nitrogen and oxygen atoms in total. The summed E-state index contributed by atoms with van der Waals surface area (Å²) >= 11 is 15.1. The molecular weight excluding hydrogens is 358 g/mol. The molecule has 3 rings (SSSR count).